The van der Waals surface area contributed by atoms with Gasteiger partial charge in [-0.05, 0) is 25.1 Å². The van der Waals surface area contributed by atoms with Crippen LogP contribution < -0.4 is 10.6 Å². The summed E-state index contributed by atoms with van der Waals surface area (Å²) in [7, 11) is 0. The molecule has 0 aliphatic heterocycles. The lowest BCUT2D eigenvalue weighted by Gasteiger charge is -2.05. The zero-order chi connectivity index (χ0) is 20.8. The first kappa shape index (κ1) is 20.2. The van der Waals surface area contributed by atoms with Crippen molar-refractivity contribution in [2.45, 2.75) is 13.8 Å². The van der Waals surface area contributed by atoms with Gasteiger partial charge in [-0.2, -0.15) is 0 Å². The fourth-order valence-electron chi connectivity index (χ4n) is 2.61. The number of thiazole rings is 1. The lowest BCUT2D eigenvalue weighted by Crippen LogP contribution is -2.13. The molecule has 0 fully saturated rings. The monoisotopic (exact) mass is 409 g/mol. The van der Waals surface area contributed by atoms with Gasteiger partial charge in [-0.15, -0.1) is 0 Å². The largest absolute Gasteiger partial charge is 0.462 e. The van der Waals surface area contributed by atoms with E-state index >= 15 is 0 Å². The van der Waals surface area contributed by atoms with Gasteiger partial charge in [0.15, 0.2) is 5.13 Å². The van der Waals surface area contributed by atoms with E-state index in [1.165, 1.54) is 6.92 Å². The van der Waals surface area contributed by atoms with Crippen molar-refractivity contribution in [2.75, 3.05) is 17.2 Å². The number of nitrogens with zero attached hydrogens (tertiary/aromatic N) is 1. The lowest BCUT2D eigenvalue weighted by atomic mass is 10.1. The van der Waals surface area contributed by atoms with Crippen LogP contribution in [0.4, 0.5) is 10.8 Å². The number of rotatable bonds is 6. The molecule has 1 aromatic heterocycles. The van der Waals surface area contributed by atoms with Gasteiger partial charge in [0.1, 0.15) is 4.88 Å². The van der Waals surface area contributed by atoms with E-state index in [2.05, 4.69) is 15.6 Å². The second-order valence-corrected chi connectivity index (χ2v) is 7.00. The Morgan fingerprint density at radius 1 is 1.03 bits per heavy atom. The molecule has 0 aliphatic rings. The minimum Gasteiger partial charge on any atom is -0.462 e. The predicted molar refractivity (Wildman–Crippen MR) is 112 cm³/mol. The second-order valence-electron chi connectivity index (χ2n) is 6.00. The quantitative estimate of drug-likeness (QED) is 0.595. The summed E-state index contributed by atoms with van der Waals surface area (Å²) in [5.74, 6) is -1.12. The van der Waals surface area contributed by atoms with E-state index in [1.807, 2.05) is 30.3 Å². The van der Waals surface area contributed by atoms with Crippen LogP contribution in [0.25, 0.3) is 11.3 Å². The predicted octanol–water partition coefficient (Wildman–Crippen LogP) is 4.20. The maximum atomic E-state index is 12.6. The topological polar surface area (TPSA) is 97.4 Å². The van der Waals surface area contributed by atoms with Gasteiger partial charge in [-0.3, -0.25) is 14.9 Å². The van der Waals surface area contributed by atoms with E-state index in [9.17, 15) is 14.4 Å². The number of esters is 1. The third-order valence-electron chi connectivity index (χ3n) is 3.80. The number of ether oxygens (including phenoxy) is 1. The Bertz CT molecular complexity index is 1050. The molecule has 0 atom stereocenters. The molecule has 29 heavy (non-hydrogen) atoms. The van der Waals surface area contributed by atoms with E-state index in [1.54, 1.807) is 31.2 Å². The Labute approximate surface area is 171 Å². The fourth-order valence-corrected chi connectivity index (χ4v) is 3.49. The number of carbonyl (C=O) groups is 3. The van der Waals surface area contributed by atoms with Crippen molar-refractivity contribution >= 4 is 39.9 Å². The normalized spacial score (nSPS) is 10.3. The summed E-state index contributed by atoms with van der Waals surface area (Å²) in [4.78, 5) is 41.0. The van der Waals surface area contributed by atoms with Crippen molar-refractivity contribution in [1.29, 1.82) is 0 Å². The van der Waals surface area contributed by atoms with Crippen molar-refractivity contribution in [3.63, 3.8) is 0 Å². The molecule has 0 saturated heterocycles. The molecule has 1 heterocycles. The van der Waals surface area contributed by atoms with Gasteiger partial charge in [0.2, 0.25) is 5.91 Å². The summed E-state index contributed by atoms with van der Waals surface area (Å²) in [6, 6.07) is 15.8. The molecular weight excluding hydrogens is 390 g/mol. The van der Waals surface area contributed by atoms with Gasteiger partial charge in [-0.25, -0.2) is 9.78 Å². The molecule has 7 nitrogen and oxygen atoms in total. The van der Waals surface area contributed by atoms with Crippen LogP contribution in [0.3, 0.4) is 0 Å². The number of nitrogens with one attached hydrogen (secondary N) is 2. The molecule has 0 aliphatic carbocycles. The molecule has 2 amide bonds. The molecule has 3 aromatic rings. The summed E-state index contributed by atoms with van der Waals surface area (Å²) >= 11 is 1.05. The van der Waals surface area contributed by atoms with Gasteiger partial charge in [0.05, 0.1) is 12.3 Å². The number of hydrogen-bond acceptors (Lipinski definition) is 6. The molecule has 2 aromatic carbocycles. The van der Waals surface area contributed by atoms with Crippen LogP contribution in [0.1, 0.15) is 33.9 Å². The Kier molecular flexibility index (Phi) is 6.36. The molecule has 148 valence electrons. The maximum Gasteiger partial charge on any atom is 0.350 e. The Balaban J connectivity index is 1.88. The molecule has 0 spiro atoms. The van der Waals surface area contributed by atoms with E-state index in [0.717, 1.165) is 16.9 Å². The number of amides is 2. The van der Waals surface area contributed by atoms with E-state index < -0.39 is 11.9 Å². The average molecular weight is 409 g/mol. The molecule has 8 heteroatoms. The Hall–Kier alpha value is -3.52. The van der Waals surface area contributed by atoms with Crippen LogP contribution in [0, 0.1) is 0 Å². The maximum absolute atomic E-state index is 12.6. The van der Waals surface area contributed by atoms with Crippen molar-refractivity contribution in [3.8, 4) is 11.3 Å². The molecule has 0 unspecified atom stereocenters. The highest BCUT2D eigenvalue weighted by molar-refractivity contribution is 7.18. The average Bonchev–Trinajstić information content (AvgIpc) is 3.12. The van der Waals surface area contributed by atoms with Crippen molar-refractivity contribution in [3.05, 3.63) is 65.0 Å². The van der Waals surface area contributed by atoms with Crippen LogP contribution >= 0.6 is 11.3 Å². The van der Waals surface area contributed by atoms with Crippen LogP contribution in [0.2, 0.25) is 0 Å². The van der Waals surface area contributed by atoms with Crippen molar-refractivity contribution in [1.82, 2.24) is 4.98 Å². The summed E-state index contributed by atoms with van der Waals surface area (Å²) in [6.45, 7) is 3.36. The number of benzene rings is 2. The molecule has 0 bridgehead atoms. The highest BCUT2D eigenvalue weighted by Crippen LogP contribution is 2.32. The third kappa shape index (κ3) is 5.05. The number of carbonyl (C=O) groups excluding carboxylic acids is 3. The van der Waals surface area contributed by atoms with Crippen molar-refractivity contribution in [2.24, 2.45) is 0 Å². The molecule has 2 N–H and O–H groups in total. The minimum absolute atomic E-state index is 0.228. The summed E-state index contributed by atoms with van der Waals surface area (Å²) in [5, 5.41) is 5.63. The lowest BCUT2D eigenvalue weighted by molar-refractivity contribution is -0.114. The SMILES string of the molecule is CCOC(=O)c1sc(NC(=O)c2cccc(NC(C)=O)c2)nc1-c1ccccc1. The highest BCUT2D eigenvalue weighted by atomic mass is 32.1. The van der Waals surface area contributed by atoms with Gasteiger partial charge in [0, 0.05) is 23.7 Å². The van der Waals surface area contributed by atoms with Crippen LogP contribution in [0.5, 0.6) is 0 Å². The first-order valence-corrected chi connectivity index (χ1v) is 9.72. The Morgan fingerprint density at radius 2 is 1.79 bits per heavy atom. The summed E-state index contributed by atoms with van der Waals surface area (Å²) in [5.41, 5.74) is 2.07. The van der Waals surface area contributed by atoms with E-state index in [4.69, 9.17) is 4.74 Å². The fraction of sp³-hybridized carbons (Fsp3) is 0.143. The number of aromatic nitrogens is 1. The highest BCUT2D eigenvalue weighted by Gasteiger charge is 2.21. The first-order chi connectivity index (χ1) is 14.0. The van der Waals surface area contributed by atoms with Crippen molar-refractivity contribution < 1.29 is 19.1 Å². The second kappa shape index (κ2) is 9.11. The van der Waals surface area contributed by atoms with E-state index in [0.29, 0.717) is 21.8 Å². The van der Waals surface area contributed by atoms with E-state index in [-0.39, 0.29) is 17.6 Å². The molecule has 3 rings (SSSR count). The number of hydrogen-bond donors (Lipinski definition) is 2. The van der Waals surface area contributed by atoms with Crippen LogP contribution in [0.15, 0.2) is 54.6 Å². The standard InChI is InChI=1S/C21H19N3O4S/c1-3-28-20(27)18-17(14-8-5-4-6-9-14)23-21(29-18)24-19(26)15-10-7-11-16(12-15)22-13(2)25/h4-12H,3H2,1-2H3,(H,22,25)(H,23,24,26). The first-order valence-electron chi connectivity index (χ1n) is 8.90. The Morgan fingerprint density at radius 3 is 2.48 bits per heavy atom. The zero-order valence-corrected chi connectivity index (χ0v) is 16.7. The summed E-state index contributed by atoms with van der Waals surface area (Å²) < 4.78 is 5.12. The van der Waals surface area contributed by atoms with Crippen LogP contribution in [-0.2, 0) is 9.53 Å². The molecular formula is C21H19N3O4S. The van der Waals surface area contributed by atoms with Gasteiger partial charge in [0.25, 0.3) is 5.91 Å². The van der Waals surface area contributed by atoms with Crippen LogP contribution in [-0.4, -0.2) is 29.4 Å². The number of anilines is 2. The minimum atomic E-state index is -0.489. The summed E-state index contributed by atoms with van der Waals surface area (Å²) in [6.07, 6.45) is 0. The molecule has 0 radical (unpaired) electrons. The zero-order valence-electron chi connectivity index (χ0n) is 15.9. The van der Waals surface area contributed by atoms with Gasteiger partial charge in [-0.1, -0.05) is 47.7 Å². The van der Waals surface area contributed by atoms with Gasteiger partial charge >= 0.3 is 5.97 Å². The smallest absolute Gasteiger partial charge is 0.350 e. The van der Waals surface area contributed by atoms with Gasteiger partial charge < -0.3 is 10.1 Å². The molecule has 0 saturated carbocycles. The third-order valence-corrected chi connectivity index (χ3v) is 4.75.